The fourth-order valence-electron chi connectivity index (χ4n) is 4.79. The van der Waals surface area contributed by atoms with E-state index in [1.54, 1.807) is 12.5 Å². The molecule has 1 saturated heterocycles. The summed E-state index contributed by atoms with van der Waals surface area (Å²) in [4.78, 5) is 13.5. The second-order valence-corrected chi connectivity index (χ2v) is 16.0. The molecule has 1 aliphatic rings. The molecule has 1 aliphatic heterocycles. The van der Waals surface area contributed by atoms with Crippen LogP contribution in [0.4, 0.5) is 0 Å². The van der Waals surface area contributed by atoms with E-state index in [2.05, 4.69) is 83.1 Å². The number of benzene rings is 3. The Labute approximate surface area is 224 Å². The van der Waals surface area contributed by atoms with Gasteiger partial charge in [0.2, 0.25) is 0 Å². The molecule has 0 amide bonds. The number of piperazine rings is 1. The van der Waals surface area contributed by atoms with Crippen molar-refractivity contribution in [2.24, 2.45) is 0 Å². The second-order valence-electron chi connectivity index (χ2n) is 9.79. The van der Waals surface area contributed by atoms with E-state index >= 15 is 0 Å². The maximum absolute atomic E-state index is 11.4. The monoisotopic (exact) mass is 612 g/mol. The fourth-order valence-corrected chi connectivity index (χ4v) is 12.4. The molecule has 1 atom stereocenters. The van der Waals surface area contributed by atoms with Gasteiger partial charge in [-0.05, 0) is 0 Å². The Bertz CT molecular complexity index is 1340. The van der Waals surface area contributed by atoms with Gasteiger partial charge in [0.1, 0.15) is 0 Å². The van der Waals surface area contributed by atoms with Crippen molar-refractivity contribution in [3.8, 4) is 0 Å². The molecule has 1 N–H and O–H groups in total. The average molecular weight is 611 g/mol. The number of likely N-dealkylation sites (N-methyl/N-ethyl adjacent to an activating group) is 1. The molecule has 5 rings (SSSR count). The first-order valence-corrected chi connectivity index (χ1v) is 18.3. The van der Waals surface area contributed by atoms with E-state index in [4.69, 9.17) is 0 Å². The molecule has 1 fully saturated rings. The summed E-state index contributed by atoms with van der Waals surface area (Å²) in [6, 6.07) is 23.3. The third-order valence-corrected chi connectivity index (χ3v) is 14.4. The van der Waals surface area contributed by atoms with Gasteiger partial charge in [-0.1, -0.05) is 0 Å². The van der Waals surface area contributed by atoms with E-state index in [1.165, 1.54) is 14.5 Å². The summed E-state index contributed by atoms with van der Waals surface area (Å²) in [7, 11) is 2.21. The van der Waals surface area contributed by atoms with Crippen LogP contribution >= 0.6 is 0 Å². The minimum absolute atomic E-state index is 0.00165. The molecule has 0 aliphatic carbocycles. The Morgan fingerprint density at radius 3 is 2.39 bits per heavy atom. The van der Waals surface area contributed by atoms with Crippen molar-refractivity contribution in [3.05, 3.63) is 95.9 Å². The van der Waals surface area contributed by atoms with E-state index in [0.29, 0.717) is 13.1 Å². The SMILES string of the molecule is CN1CCN(C(C)(C)c2ccccc2[Se][Se]c2ccccc2C(O)c2ccc3cncnc3c2)CC1. The normalized spacial score (nSPS) is 16.3. The number of hydrogen-bond acceptors (Lipinski definition) is 5. The Morgan fingerprint density at radius 2 is 1.58 bits per heavy atom. The van der Waals surface area contributed by atoms with E-state index in [9.17, 15) is 5.11 Å². The van der Waals surface area contributed by atoms with Crippen LogP contribution in [-0.4, -0.2) is 84.4 Å². The van der Waals surface area contributed by atoms with Gasteiger partial charge < -0.3 is 0 Å². The predicted molar refractivity (Wildman–Crippen MR) is 149 cm³/mol. The summed E-state index contributed by atoms with van der Waals surface area (Å²) < 4.78 is 2.74. The van der Waals surface area contributed by atoms with Crippen LogP contribution < -0.4 is 8.92 Å². The molecule has 0 radical (unpaired) electrons. The van der Waals surface area contributed by atoms with Crippen molar-refractivity contribution in [2.75, 3.05) is 33.2 Å². The summed E-state index contributed by atoms with van der Waals surface area (Å²) >= 11 is 0.553. The second kappa shape index (κ2) is 11.1. The van der Waals surface area contributed by atoms with Crippen molar-refractivity contribution in [1.29, 1.82) is 0 Å². The van der Waals surface area contributed by atoms with Crippen LogP contribution in [0.1, 0.15) is 36.6 Å². The number of fused-ring (bicyclic) bond motifs is 1. The zero-order chi connectivity index (χ0) is 25.1. The summed E-state index contributed by atoms with van der Waals surface area (Å²) in [5, 5.41) is 12.3. The van der Waals surface area contributed by atoms with Gasteiger partial charge in [0.15, 0.2) is 0 Å². The third kappa shape index (κ3) is 5.44. The summed E-state index contributed by atoms with van der Waals surface area (Å²) in [5.74, 6) is 0. The van der Waals surface area contributed by atoms with Crippen molar-refractivity contribution < 1.29 is 5.11 Å². The van der Waals surface area contributed by atoms with Gasteiger partial charge in [-0.2, -0.15) is 0 Å². The Hall–Kier alpha value is -2.08. The van der Waals surface area contributed by atoms with Crippen molar-refractivity contribution in [1.82, 2.24) is 19.8 Å². The van der Waals surface area contributed by atoms with Gasteiger partial charge in [-0.3, -0.25) is 0 Å². The maximum atomic E-state index is 11.4. The van der Waals surface area contributed by atoms with Gasteiger partial charge in [0, 0.05) is 0 Å². The average Bonchev–Trinajstić information content (AvgIpc) is 2.92. The zero-order valence-electron chi connectivity index (χ0n) is 21.0. The molecule has 0 saturated carbocycles. The van der Waals surface area contributed by atoms with Crippen LogP contribution in [0, 0.1) is 0 Å². The van der Waals surface area contributed by atoms with Crippen molar-refractivity contribution in [3.63, 3.8) is 0 Å². The first-order valence-electron chi connectivity index (χ1n) is 12.3. The van der Waals surface area contributed by atoms with Crippen molar-refractivity contribution >= 4 is 46.1 Å². The third-order valence-electron chi connectivity index (χ3n) is 7.12. The van der Waals surface area contributed by atoms with E-state index < -0.39 is 6.10 Å². The van der Waals surface area contributed by atoms with Gasteiger partial charge >= 0.3 is 226 Å². The first kappa shape index (κ1) is 25.6. The topological polar surface area (TPSA) is 52.5 Å². The number of aromatic nitrogens is 2. The molecule has 36 heavy (non-hydrogen) atoms. The Kier molecular flexibility index (Phi) is 7.90. The van der Waals surface area contributed by atoms with E-state index in [1.807, 2.05) is 24.3 Å². The van der Waals surface area contributed by atoms with Crippen LogP contribution in [0.3, 0.4) is 0 Å². The molecule has 7 heteroatoms. The molecule has 0 bridgehead atoms. The molecule has 1 aromatic heterocycles. The molecule has 2 heterocycles. The quantitative estimate of drug-likeness (QED) is 0.326. The van der Waals surface area contributed by atoms with Crippen LogP contribution in [0.5, 0.6) is 0 Å². The number of hydrogen-bond donors (Lipinski definition) is 1. The Balaban J connectivity index is 1.38. The van der Waals surface area contributed by atoms with Gasteiger partial charge in [0.05, 0.1) is 0 Å². The molecule has 1 unspecified atom stereocenters. The van der Waals surface area contributed by atoms with Gasteiger partial charge in [-0.25, -0.2) is 0 Å². The molecular weight excluding hydrogens is 578 g/mol. The fraction of sp³-hybridized carbons (Fsp3) is 0.310. The van der Waals surface area contributed by atoms with Crippen LogP contribution in [0.15, 0.2) is 79.3 Å². The molecular formula is C29H32N4OSe2. The summed E-state index contributed by atoms with van der Waals surface area (Å²) in [5.41, 5.74) is 4.18. The molecule has 0 spiro atoms. The number of rotatable bonds is 7. The van der Waals surface area contributed by atoms with Crippen LogP contribution in [0.25, 0.3) is 10.9 Å². The number of aliphatic hydroxyl groups is 1. The molecule has 3 aromatic carbocycles. The number of nitrogens with zero attached hydrogens (tertiary/aromatic N) is 4. The summed E-state index contributed by atoms with van der Waals surface area (Å²) in [6.45, 7) is 9.19. The van der Waals surface area contributed by atoms with E-state index in [0.717, 1.165) is 48.2 Å². The Morgan fingerprint density at radius 1 is 0.889 bits per heavy atom. The predicted octanol–water partition coefficient (Wildman–Crippen LogP) is 2.47. The zero-order valence-corrected chi connectivity index (χ0v) is 24.4. The molecule has 186 valence electrons. The minimum atomic E-state index is -0.671. The standard InChI is InChI=1S/C29H32N4OSe2/c1-29(2,33-16-14-32(3)15-17-33)24-9-5-7-11-27(24)36-35-26-10-6-4-8-23(26)28(34)21-12-13-22-19-30-20-31-25(22)18-21/h4-13,18-20,28,34H,14-17H2,1-3H3. The van der Waals surface area contributed by atoms with Gasteiger partial charge in [0.25, 0.3) is 0 Å². The van der Waals surface area contributed by atoms with E-state index in [-0.39, 0.29) is 18.7 Å². The first-order chi connectivity index (χ1) is 17.4. The van der Waals surface area contributed by atoms with Crippen LogP contribution in [0.2, 0.25) is 0 Å². The molecule has 5 nitrogen and oxygen atoms in total. The number of aliphatic hydroxyl groups excluding tert-OH is 1. The molecule has 4 aromatic rings. The van der Waals surface area contributed by atoms with Crippen molar-refractivity contribution in [2.45, 2.75) is 25.5 Å². The van der Waals surface area contributed by atoms with Crippen LogP contribution in [-0.2, 0) is 5.54 Å². The van der Waals surface area contributed by atoms with Gasteiger partial charge in [-0.15, -0.1) is 0 Å². The summed E-state index contributed by atoms with van der Waals surface area (Å²) in [6.07, 6.45) is 2.69.